The summed E-state index contributed by atoms with van der Waals surface area (Å²) in [6.07, 6.45) is 4.45. The summed E-state index contributed by atoms with van der Waals surface area (Å²) in [7, 11) is 1.67. The molecule has 0 radical (unpaired) electrons. The molecule has 2 rings (SSSR count). The maximum Gasteiger partial charge on any atom is 0.165 e. The van der Waals surface area contributed by atoms with Crippen LogP contribution in [0.2, 0.25) is 0 Å². The highest BCUT2D eigenvalue weighted by Gasteiger charge is 2.10. The number of nitrogens with one attached hydrogen (secondary N) is 1. The standard InChI is InChI=1S/C17H22N2O2/c1-3-18-13-15-5-4-6-16(20-2)17(15)21-12-9-14-7-10-19-11-8-14/h4-8,10-11,18H,3,9,12-13H2,1-2H3. The van der Waals surface area contributed by atoms with Crippen LogP contribution in [0.5, 0.6) is 11.5 Å². The number of aromatic nitrogens is 1. The number of para-hydroxylation sites is 1. The van der Waals surface area contributed by atoms with Gasteiger partial charge in [0.15, 0.2) is 11.5 Å². The summed E-state index contributed by atoms with van der Waals surface area (Å²) in [5.41, 5.74) is 2.33. The summed E-state index contributed by atoms with van der Waals surface area (Å²) >= 11 is 0. The van der Waals surface area contributed by atoms with E-state index in [4.69, 9.17) is 9.47 Å². The molecule has 2 aromatic rings. The van der Waals surface area contributed by atoms with Crippen LogP contribution in [0.15, 0.2) is 42.7 Å². The van der Waals surface area contributed by atoms with E-state index in [0.717, 1.165) is 36.6 Å². The first-order valence-electron chi connectivity index (χ1n) is 7.23. The molecule has 0 aliphatic heterocycles. The third-order valence-corrected chi connectivity index (χ3v) is 3.23. The van der Waals surface area contributed by atoms with Gasteiger partial charge in [-0.05, 0) is 30.3 Å². The zero-order chi connectivity index (χ0) is 14.9. The number of ether oxygens (including phenoxy) is 2. The third kappa shape index (κ3) is 4.46. The van der Waals surface area contributed by atoms with Crippen molar-refractivity contribution in [3.8, 4) is 11.5 Å². The van der Waals surface area contributed by atoms with Crippen molar-refractivity contribution in [2.24, 2.45) is 0 Å². The van der Waals surface area contributed by atoms with Crippen molar-refractivity contribution >= 4 is 0 Å². The normalized spacial score (nSPS) is 10.4. The lowest BCUT2D eigenvalue weighted by atomic mass is 10.1. The Hall–Kier alpha value is -2.07. The predicted molar refractivity (Wildman–Crippen MR) is 83.8 cm³/mol. The van der Waals surface area contributed by atoms with E-state index < -0.39 is 0 Å². The van der Waals surface area contributed by atoms with Crippen molar-refractivity contribution in [1.29, 1.82) is 0 Å². The second-order valence-electron chi connectivity index (χ2n) is 4.68. The molecule has 112 valence electrons. The number of hydrogen-bond donors (Lipinski definition) is 1. The van der Waals surface area contributed by atoms with Crippen LogP contribution in [0.4, 0.5) is 0 Å². The van der Waals surface area contributed by atoms with Gasteiger partial charge in [-0.2, -0.15) is 0 Å². The summed E-state index contributed by atoms with van der Waals surface area (Å²) in [5.74, 6) is 1.61. The Kier molecular flexibility index (Phi) is 6.03. The first-order chi connectivity index (χ1) is 10.3. The number of rotatable bonds is 8. The molecular weight excluding hydrogens is 264 g/mol. The SMILES string of the molecule is CCNCc1cccc(OC)c1OCCc1ccncc1. The molecule has 0 atom stereocenters. The minimum atomic E-state index is 0.615. The number of benzene rings is 1. The zero-order valence-corrected chi connectivity index (χ0v) is 12.6. The van der Waals surface area contributed by atoms with E-state index >= 15 is 0 Å². The molecule has 0 amide bonds. The Balaban J connectivity index is 2.03. The van der Waals surface area contributed by atoms with Gasteiger partial charge in [0, 0.05) is 30.9 Å². The van der Waals surface area contributed by atoms with Gasteiger partial charge in [-0.25, -0.2) is 0 Å². The molecule has 0 saturated heterocycles. The van der Waals surface area contributed by atoms with Crippen molar-refractivity contribution in [2.45, 2.75) is 19.9 Å². The van der Waals surface area contributed by atoms with Crippen LogP contribution in [-0.2, 0) is 13.0 Å². The molecule has 1 heterocycles. The molecule has 0 spiro atoms. The first kappa shape index (κ1) is 15.3. The Morgan fingerprint density at radius 2 is 1.95 bits per heavy atom. The first-order valence-corrected chi connectivity index (χ1v) is 7.23. The van der Waals surface area contributed by atoms with Gasteiger partial charge in [0.1, 0.15) is 0 Å². The van der Waals surface area contributed by atoms with E-state index in [1.54, 1.807) is 19.5 Å². The molecular formula is C17H22N2O2. The van der Waals surface area contributed by atoms with Gasteiger partial charge in [0.2, 0.25) is 0 Å². The monoisotopic (exact) mass is 286 g/mol. The lowest BCUT2D eigenvalue weighted by molar-refractivity contribution is 0.294. The largest absolute Gasteiger partial charge is 0.493 e. The predicted octanol–water partition coefficient (Wildman–Crippen LogP) is 2.82. The molecule has 21 heavy (non-hydrogen) atoms. The molecule has 0 aliphatic carbocycles. The van der Waals surface area contributed by atoms with Crippen molar-refractivity contribution in [3.05, 3.63) is 53.9 Å². The van der Waals surface area contributed by atoms with Gasteiger partial charge >= 0.3 is 0 Å². The Bertz CT molecular complexity index is 544. The molecule has 0 unspecified atom stereocenters. The molecule has 0 bridgehead atoms. The van der Waals surface area contributed by atoms with Gasteiger partial charge in [-0.1, -0.05) is 19.1 Å². The second-order valence-corrected chi connectivity index (χ2v) is 4.68. The number of methoxy groups -OCH3 is 1. The number of nitrogens with zero attached hydrogens (tertiary/aromatic N) is 1. The average molecular weight is 286 g/mol. The Morgan fingerprint density at radius 3 is 2.67 bits per heavy atom. The minimum absolute atomic E-state index is 0.615. The average Bonchev–Trinajstić information content (AvgIpc) is 2.54. The molecule has 0 fully saturated rings. The van der Waals surface area contributed by atoms with E-state index in [2.05, 4.69) is 23.3 Å². The fraction of sp³-hybridized carbons (Fsp3) is 0.353. The molecule has 0 saturated carbocycles. The van der Waals surface area contributed by atoms with E-state index in [1.165, 1.54) is 5.56 Å². The molecule has 0 aliphatic rings. The zero-order valence-electron chi connectivity index (χ0n) is 12.6. The molecule has 4 nitrogen and oxygen atoms in total. The summed E-state index contributed by atoms with van der Waals surface area (Å²) in [4.78, 5) is 4.02. The van der Waals surface area contributed by atoms with E-state index in [0.29, 0.717) is 6.61 Å². The Morgan fingerprint density at radius 1 is 1.14 bits per heavy atom. The summed E-state index contributed by atoms with van der Waals surface area (Å²) < 4.78 is 11.4. The van der Waals surface area contributed by atoms with Crippen LogP contribution in [0, 0.1) is 0 Å². The maximum atomic E-state index is 5.97. The van der Waals surface area contributed by atoms with Crippen LogP contribution < -0.4 is 14.8 Å². The van der Waals surface area contributed by atoms with Crippen LogP contribution >= 0.6 is 0 Å². The fourth-order valence-electron chi connectivity index (χ4n) is 2.11. The fourth-order valence-corrected chi connectivity index (χ4v) is 2.11. The maximum absolute atomic E-state index is 5.97. The Labute approximate surface area is 126 Å². The molecule has 1 N–H and O–H groups in total. The van der Waals surface area contributed by atoms with E-state index in [1.807, 2.05) is 24.3 Å². The van der Waals surface area contributed by atoms with E-state index in [-0.39, 0.29) is 0 Å². The van der Waals surface area contributed by atoms with Crippen molar-refractivity contribution < 1.29 is 9.47 Å². The van der Waals surface area contributed by atoms with Gasteiger partial charge in [-0.15, -0.1) is 0 Å². The topological polar surface area (TPSA) is 43.4 Å². The van der Waals surface area contributed by atoms with Crippen molar-refractivity contribution in [1.82, 2.24) is 10.3 Å². The van der Waals surface area contributed by atoms with Gasteiger partial charge in [0.25, 0.3) is 0 Å². The lowest BCUT2D eigenvalue weighted by Crippen LogP contribution is -2.14. The highest BCUT2D eigenvalue weighted by atomic mass is 16.5. The van der Waals surface area contributed by atoms with Crippen LogP contribution in [-0.4, -0.2) is 25.2 Å². The highest BCUT2D eigenvalue weighted by Crippen LogP contribution is 2.31. The summed E-state index contributed by atoms with van der Waals surface area (Å²) in [6, 6.07) is 9.99. The smallest absolute Gasteiger partial charge is 0.165 e. The van der Waals surface area contributed by atoms with Gasteiger partial charge < -0.3 is 14.8 Å². The van der Waals surface area contributed by atoms with Crippen LogP contribution in [0.1, 0.15) is 18.1 Å². The minimum Gasteiger partial charge on any atom is -0.493 e. The summed E-state index contributed by atoms with van der Waals surface area (Å²) in [5, 5.41) is 3.32. The highest BCUT2D eigenvalue weighted by molar-refractivity contribution is 5.46. The van der Waals surface area contributed by atoms with E-state index in [9.17, 15) is 0 Å². The van der Waals surface area contributed by atoms with Gasteiger partial charge in [0.05, 0.1) is 13.7 Å². The van der Waals surface area contributed by atoms with Gasteiger partial charge in [-0.3, -0.25) is 4.98 Å². The quantitative estimate of drug-likeness (QED) is 0.810. The third-order valence-electron chi connectivity index (χ3n) is 3.23. The van der Waals surface area contributed by atoms with Crippen molar-refractivity contribution in [3.63, 3.8) is 0 Å². The molecule has 1 aromatic heterocycles. The lowest BCUT2D eigenvalue weighted by Gasteiger charge is -2.15. The molecule has 4 heteroatoms. The summed E-state index contributed by atoms with van der Waals surface area (Å²) in [6.45, 7) is 4.40. The van der Waals surface area contributed by atoms with Crippen LogP contribution in [0.3, 0.4) is 0 Å². The second kappa shape index (κ2) is 8.27. The number of hydrogen-bond acceptors (Lipinski definition) is 4. The van der Waals surface area contributed by atoms with Crippen molar-refractivity contribution in [2.75, 3.05) is 20.3 Å². The van der Waals surface area contributed by atoms with Crippen LogP contribution in [0.25, 0.3) is 0 Å². The number of pyridine rings is 1. The molecule has 1 aromatic carbocycles.